The van der Waals surface area contributed by atoms with Crippen molar-refractivity contribution in [3.8, 4) is 11.5 Å². The third-order valence-corrected chi connectivity index (χ3v) is 2.68. The zero-order chi connectivity index (χ0) is 15.2. The highest BCUT2D eigenvalue weighted by Gasteiger charge is 2.06. The standard InChI is InChI=1S/C16H13FO4/c17-14-9-11(5-7-16(19)20)4-6-15(14)21-13-3-1-2-12(8-13)10-18/h1-9,18H,10H2,(H,19,20). The summed E-state index contributed by atoms with van der Waals surface area (Å²) in [5, 5.41) is 17.6. The fourth-order valence-corrected chi connectivity index (χ4v) is 1.71. The lowest BCUT2D eigenvalue weighted by Crippen LogP contribution is -1.91. The minimum atomic E-state index is -1.10. The van der Waals surface area contributed by atoms with Gasteiger partial charge in [-0.05, 0) is 41.5 Å². The fraction of sp³-hybridized carbons (Fsp3) is 0.0625. The first-order chi connectivity index (χ1) is 10.1. The van der Waals surface area contributed by atoms with Crippen LogP contribution in [0.1, 0.15) is 11.1 Å². The SMILES string of the molecule is O=C(O)C=Cc1ccc(Oc2cccc(CO)c2)c(F)c1. The van der Waals surface area contributed by atoms with Crippen LogP contribution in [-0.2, 0) is 11.4 Å². The molecule has 0 unspecified atom stereocenters. The van der Waals surface area contributed by atoms with Gasteiger partial charge in [0.25, 0.3) is 0 Å². The number of aliphatic hydroxyl groups excluding tert-OH is 1. The summed E-state index contributed by atoms with van der Waals surface area (Å²) < 4.78 is 19.3. The molecule has 0 amide bonds. The Morgan fingerprint density at radius 2 is 2.05 bits per heavy atom. The van der Waals surface area contributed by atoms with Gasteiger partial charge in [0.15, 0.2) is 11.6 Å². The van der Waals surface area contributed by atoms with Gasteiger partial charge in [-0.2, -0.15) is 0 Å². The number of carboxylic acids is 1. The van der Waals surface area contributed by atoms with E-state index in [1.54, 1.807) is 30.3 Å². The summed E-state index contributed by atoms with van der Waals surface area (Å²) in [7, 11) is 0. The number of hydrogen-bond acceptors (Lipinski definition) is 3. The highest BCUT2D eigenvalue weighted by atomic mass is 19.1. The predicted molar refractivity (Wildman–Crippen MR) is 75.5 cm³/mol. The Hall–Kier alpha value is -2.66. The monoisotopic (exact) mass is 288 g/mol. The average Bonchev–Trinajstić information content (AvgIpc) is 2.48. The molecular weight excluding hydrogens is 275 g/mol. The van der Waals surface area contributed by atoms with Crippen molar-refractivity contribution in [2.24, 2.45) is 0 Å². The highest BCUT2D eigenvalue weighted by molar-refractivity contribution is 5.85. The number of aliphatic hydroxyl groups is 1. The second kappa shape index (κ2) is 6.67. The second-order valence-corrected chi connectivity index (χ2v) is 4.27. The first-order valence-corrected chi connectivity index (χ1v) is 6.16. The zero-order valence-electron chi connectivity index (χ0n) is 11.0. The van der Waals surface area contributed by atoms with Crippen molar-refractivity contribution in [3.63, 3.8) is 0 Å². The van der Waals surface area contributed by atoms with Crippen LogP contribution in [0.5, 0.6) is 11.5 Å². The van der Waals surface area contributed by atoms with E-state index in [1.165, 1.54) is 18.2 Å². The number of benzene rings is 2. The smallest absolute Gasteiger partial charge is 0.328 e. The van der Waals surface area contributed by atoms with E-state index in [0.29, 0.717) is 16.9 Å². The Balaban J connectivity index is 2.19. The summed E-state index contributed by atoms with van der Waals surface area (Å²) in [6.07, 6.45) is 2.22. The summed E-state index contributed by atoms with van der Waals surface area (Å²) in [5.41, 5.74) is 1.08. The minimum Gasteiger partial charge on any atom is -0.478 e. The molecule has 108 valence electrons. The van der Waals surface area contributed by atoms with Gasteiger partial charge >= 0.3 is 5.97 Å². The van der Waals surface area contributed by atoms with Crippen molar-refractivity contribution in [2.45, 2.75) is 6.61 Å². The Kier molecular flexibility index (Phi) is 4.68. The number of rotatable bonds is 5. The molecule has 2 aromatic rings. The van der Waals surface area contributed by atoms with Crippen molar-refractivity contribution in [1.82, 2.24) is 0 Å². The Morgan fingerprint density at radius 3 is 2.71 bits per heavy atom. The molecule has 0 aliphatic heterocycles. The fourth-order valence-electron chi connectivity index (χ4n) is 1.71. The Labute approximate surface area is 120 Å². The van der Waals surface area contributed by atoms with Gasteiger partial charge in [0.2, 0.25) is 0 Å². The van der Waals surface area contributed by atoms with E-state index in [9.17, 15) is 9.18 Å². The summed E-state index contributed by atoms with van der Waals surface area (Å²) in [4.78, 5) is 10.4. The van der Waals surface area contributed by atoms with Gasteiger partial charge in [-0.25, -0.2) is 9.18 Å². The number of carbonyl (C=O) groups is 1. The third kappa shape index (κ3) is 4.15. The van der Waals surface area contributed by atoms with Crippen molar-refractivity contribution < 1.29 is 24.1 Å². The number of aliphatic carboxylic acids is 1. The van der Waals surface area contributed by atoms with Gasteiger partial charge in [0.1, 0.15) is 5.75 Å². The van der Waals surface area contributed by atoms with Gasteiger partial charge in [-0.1, -0.05) is 18.2 Å². The van der Waals surface area contributed by atoms with Gasteiger partial charge in [0.05, 0.1) is 6.61 Å². The molecule has 5 heteroatoms. The summed E-state index contributed by atoms with van der Waals surface area (Å²) in [6, 6.07) is 10.8. The van der Waals surface area contributed by atoms with E-state index >= 15 is 0 Å². The number of ether oxygens (including phenoxy) is 1. The third-order valence-electron chi connectivity index (χ3n) is 2.68. The van der Waals surface area contributed by atoms with Crippen LogP contribution >= 0.6 is 0 Å². The van der Waals surface area contributed by atoms with Crippen LogP contribution in [0, 0.1) is 5.82 Å². The Morgan fingerprint density at radius 1 is 1.24 bits per heavy atom. The van der Waals surface area contributed by atoms with Crippen LogP contribution in [0.15, 0.2) is 48.5 Å². The van der Waals surface area contributed by atoms with E-state index in [-0.39, 0.29) is 12.4 Å². The lowest BCUT2D eigenvalue weighted by molar-refractivity contribution is -0.131. The molecule has 0 saturated carbocycles. The molecule has 2 N–H and O–H groups in total. The van der Waals surface area contributed by atoms with E-state index in [1.807, 2.05) is 0 Å². The lowest BCUT2D eigenvalue weighted by Gasteiger charge is -2.08. The summed E-state index contributed by atoms with van der Waals surface area (Å²) in [5.74, 6) is -1.26. The van der Waals surface area contributed by atoms with Crippen LogP contribution in [-0.4, -0.2) is 16.2 Å². The molecule has 0 atom stereocenters. The molecule has 0 fully saturated rings. The molecule has 0 bridgehead atoms. The van der Waals surface area contributed by atoms with Gasteiger partial charge in [0, 0.05) is 6.08 Å². The van der Waals surface area contributed by atoms with E-state index in [0.717, 1.165) is 6.08 Å². The minimum absolute atomic E-state index is 0.0255. The Bertz CT molecular complexity index is 680. The molecule has 4 nitrogen and oxygen atoms in total. The van der Waals surface area contributed by atoms with Gasteiger partial charge < -0.3 is 14.9 Å². The zero-order valence-corrected chi connectivity index (χ0v) is 11.0. The molecule has 0 aliphatic carbocycles. The maximum Gasteiger partial charge on any atom is 0.328 e. The summed E-state index contributed by atoms with van der Waals surface area (Å²) in [6.45, 7) is -0.126. The quantitative estimate of drug-likeness (QED) is 0.829. The topological polar surface area (TPSA) is 66.8 Å². The van der Waals surface area contributed by atoms with Crippen LogP contribution in [0.4, 0.5) is 4.39 Å². The first kappa shape index (κ1) is 14.7. The molecule has 21 heavy (non-hydrogen) atoms. The maximum atomic E-state index is 13.9. The van der Waals surface area contributed by atoms with Crippen molar-refractivity contribution in [1.29, 1.82) is 0 Å². The predicted octanol–water partition coefficient (Wildman–Crippen LogP) is 3.21. The van der Waals surface area contributed by atoms with Crippen LogP contribution in [0.2, 0.25) is 0 Å². The molecule has 0 heterocycles. The van der Waals surface area contributed by atoms with E-state index in [2.05, 4.69) is 0 Å². The van der Waals surface area contributed by atoms with Crippen LogP contribution < -0.4 is 4.74 Å². The summed E-state index contributed by atoms with van der Waals surface area (Å²) >= 11 is 0. The van der Waals surface area contributed by atoms with Crippen molar-refractivity contribution in [2.75, 3.05) is 0 Å². The molecule has 0 radical (unpaired) electrons. The van der Waals surface area contributed by atoms with Gasteiger partial charge in [-0.15, -0.1) is 0 Å². The van der Waals surface area contributed by atoms with E-state index < -0.39 is 11.8 Å². The first-order valence-electron chi connectivity index (χ1n) is 6.16. The van der Waals surface area contributed by atoms with Crippen molar-refractivity contribution >= 4 is 12.0 Å². The maximum absolute atomic E-state index is 13.9. The molecule has 2 rings (SSSR count). The molecule has 0 aliphatic rings. The lowest BCUT2D eigenvalue weighted by atomic mass is 10.2. The number of halogens is 1. The van der Waals surface area contributed by atoms with Crippen LogP contribution in [0.25, 0.3) is 6.08 Å². The average molecular weight is 288 g/mol. The highest BCUT2D eigenvalue weighted by Crippen LogP contribution is 2.26. The molecule has 0 spiro atoms. The normalized spacial score (nSPS) is 10.8. The molecule has 2 aromatic carbocycles. The molecule has 0 saturated heterocycles. The number of carboxylic acid groups (broad SMARTS) is 1. The molecular formula is C16H13FO4. The second-order valence-electron chi connectivity index (χ2n) is 4.27. The van der Waals surface area contributed by atoms with Crippen LogP contribution in [0.3, 0.4) is 0 Å². The largest absolute Gasteiger partial charge is 0.478 e. The molecule has 0 aromatic heterocycles. The van der Waals surface area contributed by atoms with E-state index in [4.69, 9.17) is 14.9 Å². The van der Waals surface area contributed by atoms with Gasteiger partial charge in [-0.3, -0.25) is 0 Å². The number of hydrogen-bond donors (Lipinski definition) is 2. The van der Waals surface area contributed by atoms with Crippen molar-refractivity contribution in [3.05, 3.63) is 65.5 Å².